The van der Waals surface area contributed by atoms with E-state index in [1.807, 2.05) is 12.1 Å². The Morgan fingerprint density at radius 2 is 1.82 bits per heavy atom. The third-order valence-electron chi connectivity index (χ3n) is 4.37. The van der Waals surface area contributed by atoms with E-state index in [0.717, 1.165) is 31.5 Å². The van der Waals surface area contributed by atoms with Crippen LogP contribution in [0.5, 0.6) is 0 Å². The first-order valence-electron chi connectivity index (χ1n) is 7.68. The van der Waals surface area contributed by atoms with E-state index in [0.29, 0.717) is 6.04 Å². The molecule has 2 aliphatic rings. The molecule has 110 valence electrons. The summed E-state index contributed by atoms with van der Waals surface area (Å²) < 4.78 is 0. The zero-order valence-corrected chi connectivity index (χ0v) is 13.1. The van der Waals surface area contributed by atoms with Crippen molar-refractivity contribution in [2.75, 3.05) is 18.0 Å². The molecule has 2 heterocycles. The van der Waals surface area contributed by atoms with Gasteiger partial charge in [-0.1, -0.05) is 23.9 Å². The van der Waals surface area contributed by atoms with Crippen molar-refractivity contribution in [1.82, 2.24) is 5.32 Å². The van der Waals surface area contributed by atoms with Gasteiger partial charge in [-0.3, -0.25) is 0 Å². The average Bonchev–Trinajstić information content (AvgIpc) is 2.59. The molecule has 0 spiro atoms. The molecule has 22 heavy (non-hydrogen) atoms. The highest BCUT2D eigenvalue weighted by Gasteiger charge is 2.29. The lowest BCUT2D eigenvalue weighted by atomic mass is 10.0. The SMILES string of the molecule is N#Cc1ccc2c(c1)Sc1ccccc1N2C1CCNCC1. The standard InChI is InChI=1S/C18H17N3S/c19-12-13-5-6-16-18(11-13)22-17-4-2-1-3-15(17)21(16)14-7-9-20-10-8-14/h1-6,11,14,20H,7-10H2. The van der Waals surface area contributed by atoms with Crippen LogP contribution in [-0.4, -0.2) is 19.1 Å². The van der Waals surface area contributed by atoms with Crippen LogP contribution in [0.15, 0.2) is 52.3 Å². The number of rotatable bonds is 1. The number of hydrogen-bond acceptors (Lipinski definition) is 4. The zero-order valence-electron chi connectivity index (χ0n) is 12.2. The number of piperidine rings is 1. The van der Waals surface area contributed by atoms with Crippen LogP contribution in [0.4, 0.5) is 11.4 Å². The number of nitrogens with one attached hydrogen (secondary N) is 1. The maximum absolute atomic E-state index is 9.17. The van der Waals surface area contributed by atoms with E-state index in [2.05, 4.69) is 46.6 Å². The van der Waals surface area contributed by atoms with Crippen LogP contribution in [0.2, 0.25) is 0 Å². The van der Waals surface area contributed by atoms with Crippen molar-refractivity contribution in [3.63, 3.8) is 0 Å². The summed E-state index contributed by atoms with van der Waals surface area (Å²) in [7, 11) is 0. The Balaban J connectivity index is 1.84. The van der Waals surface area contributed by atoms with Gasteiger partial charge >= 0.3 is 0 Å². The third-order valence-corrected chi connectivity index (χ3v) is 5.48. The Bertz CT molecular complexity index is 744. The van der Waals surface area contributed by atoms with Gasteiger partial charge in [-0.05, 0) is 56.3 Å². The van der Waals surface area contributed by atoms with Crippen molar-refractivity contribution in [2.24, 2.45) is 0 Å². The predicted octanol–water partition coefficient (Wildman–Crippen LogP) is 3.91. The normalized spacial score (nSPS) is 17.5. The molecule has 1 saturated heterocycles. The van der Waals surface area contributed by atoms with E-state index in [1.54, 1.807) is 11.8 Å². The fraction of sp³-hybridized carbons (Fsp3) is 0.278. The summed E-state index contributed by atoms with van der Waals surface area (Å²) >= 11 is 1.77. The summed E-state index contributed by atoms with van der Waals surface area (Å²) in [4.78, 5) is 4.96. The lowest BCUT2D eigenvalue weighted by molar-refractivity contribution is 0.450. The molecule has 0 unspecified atom stereocenters. The molecule has 3 nitrogen and oxygen atoms in total. The molecule has 4 heteroatoms. The zero-order chi connectivity index (χ0) is 14.9. The highest BCUT2D eigenvalue weighted by Crippen LogP contribution is 2.49. The van der Waals surface area contributed by atoms with E-state index in [1.165, 1.54) is 21.2 Å². The van der Waals surface area contributed by atoms with Crippen molar-refractivity contribution in [3.8, 4) is 6.07 Å². The van der Waals surface area contributed by atoms with Crippen LogP contribution in [-0.2, 0) is 0 Å². The molecule has 1 N–H and O–H groups in total. The Hall–Kier alpha value is -1.96. The molecule has 2 aromatic rings. The Morgan fingerprint density at radius 3 is 2.64 bits per heavy atom. The molecule has 2 aliphatic heterocycles. The van der Waals surface area contributed by atoms with Gasteiger partial charge in [-0.15, -0.1) is 0 Å². The molecule has 2 aromatic carbocycles. The van der Waals surface area contributed by atoms with Gasteiger partial charge in [0.2, 0.25) is 0 Å². The Labute approximate surface area is 134 Å². The number of nitrogens with zero attached hydrogens (tertiary/aromatic N) is 2. The highest BCUT2D eigenvalue weighted by atomic mass is 32.2. The molecule has 1 fully saturated rings. The second kappa shape index (κ2) is 5.68. The molecule has 0 saturated carbocycles. The van der Waals surface area contributed by atoms with Crippen LogP contribution in [0.1, 0.15) is 18.4 Å². The smallest absolute Gasteiger partial charge is 0.0992 e. The summed E-state index contributed by atoms with van der Waals surface area (Å²) in [6.45, 7) is 2.14. The van der Waals surface area contributed by atoms with Gasteiger partial charge < -0.3 is 10.2 Å². The summed E-state index contributed by atoms with van der Waals surface area (Å²) in [5, 5.41) is 12.6. The highest BCUT2D eigenvalue weighted by molar-refractivity contribution is 7.99. The van der Waals surface area contributed by atoms with Crippen LogP contribution in [0.3, 0.4) is 0 Å². The molecule has 0 aromatic heterocycles. The fourth-order valence-electron chi connectivity index (χ4n) is 3.31. The van der Waals surface area contributed by atoms with Crippen molar-refractivity contribution >= 4 is 23.1 Å². The van der Waals surface area contributed by atoms with Gasteiger partial charge in [0.25, 0.3) is 0 Å². The number of benzene rings is 2. The summed E-state index contributed by atoms with van der Waals surface area (Å²) in [6.07, 6.45) is 2.30. The lowest BCUT2D eigenvalue weighted by Crippen LogP contribution is -2.41. The first-order chi connectivity index (χ1) is 10.9. The van der Waals surface area contributed by atoms with Crippen molar-refractivity contribution in [1.29, 1.82) is 5.26 Å². The minimum atomic E-state index is 0.523. The van der Waals surface area contributed by atoms with E-state index >= 15 is 0 Å². The minimum Gasteiger partial charge on any atom is -0.336 e. The molecular weight excluding hydrogens is 290 g/mol. The van der Waals surface area contributed by atoms with E-state index in [-0.39, 0.29) is 0 Å². The Kier molecular flexibility index (Phi) is 3.53. The second-order valence-electron chi connectivity index (χ2n) is 5.72. The van der Waals surface area contributed by atoms with Gasteiger partial charge in [-0.2, -0.15) is 5.26 Å². The maximum atomic E-state index is 9.17. The minimum absolute atomic E-state index is 0.523. The summed E-state index contributed by atoms with van der Waals surface area (Å²) in [6, 6.07) is 17.4. The second-order valence-corrected chi connectivity index (χ2v) is 6.80. The van der Waals surface area contributed by atoms with Crippen molar-refractivity contribution < 1.29 is 0 Å². The van der Waals surface area contributed by atoms with Gasteiger partial charge in [0.1, 0.15) is 0 Å². The third kappa shape index (κ3) is 2.27. The van der Waals surface area contributed by atoms with Crippen molar-refractivity contribution in [3.05, 3.63) is 48.0 Å². The van der Waals surface area contributed by atoms with E-state index < -0.39 is 0 Å². The van der Waals surface area contributed by atoms with E-state index in [4.69, 9.17) is 5.26 Å². The van der Waals surface area contributed by atoms with E-state index in [9.17, 15) is 0 Å². The lowest BCUT2D eigenvalue weighted by Gasteiger charge is -2.40. The number of fused-ring (bicyclic) bond motifs is 2. The fourth-order valence-corrected chi connectivity index (χ4v) is 4.42. The van der Waals surface area contributed by atoms with Gasteiger partial charge in [0.15, 0.2) is 0 Å². The first-order valence-corrected chi connectivity index (χ1v) is 8.49. The number of nitriles is 1. The predicted molar refractivity (Wildman–Crippen MR) is 89.8 cm³/mol. The van der Waals surface area contributed by atoms with Gasteiger partial charge in [0, 0.05) is 15.8 Å². The molecule has 0 amide bonds. The first kappa shape index (κ1) is 13.7. The number of para-hydroxylation sites is 1. The monoisotopic (exact) mass is 307 g/mol. The maximum Gasteiger partial charge on any atom is 0.0992 e. The quantitative estimate of drug-likeness (QED) is 0.867. The van der Waals surface area contributed by atoms with Crippen molar-refractivity contribution in [2.45, 2.75) is 28.7 Å². The van der Waals surface area contributed by atoms with Crippen LogP contribution >= 0.6 is 11.8 Å². The molecule has 0 bridgehead atoms. The number of hydrogen-bond donors (Lipinski definition) is 1. The average molecular weight is 307 g/mol. The molecule has 0 atom stereocenters. The molecule has 4 rings (SSSR count). The molecular formula is C18H17N3S. The molecule has 0 radical (unpaired) electrons. The Morgan fingerprint density at radius 1 is 1.05 bits per heavy atom. The summed E-state index contributed by atoms with van der Waals surface area (Å²) in [5.41, 5.74) is 3.28. The largest absolute Gasteiger partial charge is 0.336 e. The van der Waals surface area contributed by atoms with Crippen LogP contribution in [0, 0.1) is 11.3 Å². The summed E-state index contributed by atoms with van der Waals surface area (Å²) in [5.74, 6) is 0. The van der Waals surface area contributed by atoms with Gasteiger partial charge in [-0.25, -0.2) is 0 Å². The van der Waals surface area contributed by atoms with Crippen LogP contribution < -0.4 is 10.2 Å². The number of anilines is 2. The van der Waals surface area contributed by atoms with Crippen LogP contribution in [0.25, 0.3) is 0 Å². The van der Waals surface area contributed by atoms with Gasteiger partial charge in [0.05, 0.1) is 23.0 Å². The topological polar surface area (TPSA) is 39.1 Å². The molecule has 0 aliphatic carbocycles.